The minimum atomic E-state index is 0.154. The van der Waals surface area contributed by atoms with Crippen LogP contribution in [0.2, 0.25) is 0 Å². The van der Waals surface area contributed by atoms with E-state index in [4.69, 9.17) is 10.2 Å². The lowest BCUT2D eigenvalue weighted by molar-refractivity contribution is 0.0627. The van der Waals surface area contributed by atoms with Gasteiger partial charge in [-0.2, -0.15) is 0 Å². The predicted molar refractivity (Wildman–Crippen MR) is 73.3 cm³/mol. The SMILES string of the molecule is CN1CCC(C)(C)N(Cc2ccco2)C(CN)C1. The van der Waals surface area contributed by atoms with Gasteiger partial charge in [-0.1, -0.05) is 0 Å². The Kier molecular flexibility index (Phi) is 4.10. The van der Waals surface area contributed by atoms with Crippen molar-refractivity contribution in [3.8, 4) is 0 Å². The van der Waals surface area contributed by atoms with Gasteiger partial charge in [0.25, 0.3) is 0 Å². The molecule has 0 saturated carbocycles. The minimum Gasteiger partial charge on any atom is -0.468 e. The average Bonchev–Trinajstić information content (AvgIpc) is 2.80. The van der Waals surface area contributed by atoms with E-state index < -0.39 is 0 Å². The number of furan rings is 1. The van der Waals surface area contributed by atoms with Crippen LogP contribution in [0, 0.1) is 0 Å². The van der Waals surface area contributed by atoms with Crippen molar-refractivity contribution in [2.45, 2.75) is 38.4 Å². The van der Waals surface area contributed by atoms with Crippen LogP contribution in [0.4, 0.5) is 0 Å². The molecule has 0 aromatic carbocycles. The third kappa shape index (κ3) is 2.94. The quantitative estimate of drug-likeness (QED) is 0.885. The van der Waals surface area contributed by atoms with Gasteiger partial charge in [0.15, 0.2) is 0 Å². The number of nitrogens with zero attached hydrogens (tertiary/aromatic N) is 2. The van der Waals surface area contributed by atoms with Crippen molar-refractivity contribution < 1.29 is 4.42 Å². The Hall–Kier alpha value is -0.840. The molecule has 18 heavy (non-hydrogen) atoms. The van der Waals surface area contributed by atoms with Crippen molar-refractivity contribution in [3.63, 3.8) is 0 Å². The van der Waals surface area contributed by atoms with E-state index in [2.05, 4.69) is 30.7 Å². The van der Waals surface area contributed by atoms with Crippen molar-refractivity contribution in [2.24, 2.45) is 5.73 Å². The van der Waals surface area contributed by atoms with Gasteiger partial charge < -0.3 is 15.1 Å². The zero-order valence-electron chi connectivity index (χ0n) is 11.7. The van der Waals surface area contributed by atoms with Crippen LogP contribution in [0.3, 0.4) is 0 Å². The molecule has 1 saturated heterocycles. The summed E-state index contributed by atoms with van der Waals surface area (Å²) in [5, 5.41) is 0. The average molecular weight is 251 g/mol. The van der Waals surface area contributed by atoms with E-state index in [9.17, 15) is 0 Å². The Bertz CT molecular complexity index is 361. The number of rotatable bonds is 3. The van der Waals surface area contributed by atoms with Gasteiger partial charge in [0.1, 0.15) is 5.76 Å². The maximum absolute atomic E-state index is 5.98. The molecule has 0 aliphatic carbocycles. The van der Waals surface area contributed by atoms with Crippen LogP contribution in [-0.2, 0) is 6.54 Å². The smallest absolute Gasteiger partial charge is 0.117 e. The second-order valence-electron chi connectivity index (χ2n) is 5.92. The second-order valence-corrected chi connectivity index (χ2v) is 5.92. The summed E-state index contributed by atoms with van der Waals surface area (Å²) in [6.07, 6.45) is 2.89. The number of likely N-dealkylation sites (N-methyl/N-ethyl adjacent to an activating group) is 1. The highest BCUT2D eigenvalue weighted by Gasteiger charge is 2.35. The summed E-state index contributed by atoms with van der Waals surface area (Å²) >= 11 is 0. The summed E-state index contributed by atoms with van der Waals surface area (Å²) in [6.45, 7) is 8.29. The number of hydrogen-bond acceptors (Lipinski definition) is 4. The van der Waals surface area contributed by atoms with Crippen LogP contribution >= 0.6 is 0 Å². The molecule has 1 unspecified atom stereocenters. The standard InChI is InChI=1S/C14H25N3O/c1-14(2)6-7-16(3)10-12(9-15)17(14)11-13-5-4-8-18-13/h4-5,8,12H,6-7,9-11,15H2,1-3H3. The molecule has 1 atom stereocenters. The van der Waals surface area contributed by atoms with E-state index in [1.165, 1.54) is 0 Å². The van der Waals surface area contributed by atoms with Crippen LogP contribution in [0.25, 0.3) is 0 Å². The van der Waals surface area contributed by atoms with Crippen LogP contribution in [0.5, 0.6) is 0 Å². The lowest BCUT2D eigenvalue weighted by Gasteiger charge is -2.41. The Morgan fingerprint density at radius 2 is 2.28 bits per heavy atom. The Morgan fingerprint density at radius 1 is 1.50 bits per heavy atom. The first-order valence-corrected chi connectivity index (χ1v) is 6.70. The van der Waals surface area contributed by atoms with Crippen LogP contribution in [-0.4, -0.2) is 48.1 Å². The third-order valence-electron chi connectivity index (χ3n) is 4.02. The Morgan fingerprint density at radius 3 is 2.89 bits per heavy atom. The molecule has 1 aliphatic heterocycles. The van der Waals surface area contributed by atoms with Gasteiger partial charge in [-0.3, -0.25) is 4.90 Å². The molecule has 2 rings (SSSR count). The fourth-order valence-corrected chi connectivity index (χ4v) is 2.77. The van der Waals surface area contributed by atoms with E-state index >= 15 is 0 Å². The van der Waals surface area contributed by atoms with E-state index in [0.29, 0.717) is 12.6 Å². The van der Waals surface area contributed by atoms with Crippen LogP contribution < -0.4 is 5.73 Å². The first kappa shape index (κ1) is 13.6. The van der Waals surface area contributed by atoms with E-state index in [-0.39, 0.29) is 5.54 Å². The molecule has 2 N–H and O–H groups in total. The topological polar surface area (TPSA) is 45.6 Å². The highest BCUT2D eigenvalue weighted by atomic mass is 16.3. The Balaban J connectivity index is 2.19. The second kappa shape index (κ2) is 5.43. The van der Waals surface area contributed by atoms with E-state index in [1.54, 1.807) is 6.26 Å². The van der Waals surface area contributed by atoms with Crippen molar-refractivity contribution in [1.29, 1.82) is 0 Å². The summed E-state index contributed by atoms with van der Waals surface area (Å²) in [6, 6.07) is 4.37. The molecule has 4 heteroatoms. The van der Waals surface area contributed by atoms with Gasteiger partial charge in [0, 0.05) is 24.7 Å². The molecule has 1 aromatic heterocycles. The summed E-state index contributed by atoms with van der Waals surface area (Å²) < 4.78 is 5.49. The zero-order chi connectivity index (χ0) is 13.2. The van der Waals surface area contributed by atoms with Crippen LogP contribution in [0.1, 0.15) is 26.0 Å². The molecule has 102 valence electrons. The molecule has 2 heterocycles. The zero-order valence-corrected chi connectivity index (χ0v) is 11.7. The summed E-state index contributed by atoms with van der Waals surface area (Å²) in [4.78, 5) is 4.87. The summed E-state index contributed by atoms with van der Waals surface area (Å²) in [5.74, 6) is 1.02. The minimum absolute atomic E-state index is 0.154. The van der Waals surface area contributed by atoms with Gasteiger partial charge >= 0.3 is 0 Å². The van der Waals surface area contributed by atoms with Crippen molar-refractivity contribution >= 4 is 0 Å². The van der Waals surface area contributed by atoms with E-state index in [0.717, 1.165) is 31.8 Å². The molecule has 1 aliphatic rings. The molecule has 0 radical (unpaired) electrons. The lowest BCUT2D eigenvalue weighted by Crippen LogP contribution is -2.52. The van der Waals surface area contributed by atoms with Crippen LogP contribution in [0.15, 0.2) is 22.8 Å². The third-order valence-corrected chi connectivity index (χ3v) is 4.02. The fourth-order valence-electron chi connectivity index (χ4n) is 2.77. The first-order valence-electron chi connectivity index (χ1n) is 6.70. The van der Waals surface area contributed by atoms with Gasteiger partial charge in [-0.25, -0.2) is 0 Å². The molecule has 1 aromatic rings. The highest BCUT2D eigenvalue weighted by molar-refractivity contribution is 5.02. The summed E-state index contributed by atoms with van der Waals surface area (Å²) in [5.41, 5.74) is 6.13. The maximum Gasteiger partial charge on any atom is 0.117 e. The van der Waals surface area contributed by atoms with E-state index in [1.807, 2.05) is 12.1 Å². The largest absolute Gasteiger partial charge is 0.468 e. The molecule has 0 bridgehead atoms. The fraction of sp³-hybridized carbons (Fsp3) is 0.714. The predicted octanol–water partition coefficient (Wildman–Crippen LogP) is 1.52. The molecular formula is C14H25N3O. The molecular weight excluding hydrogens is 226 g/mol. The van der Waals surface area contributed by atoms with Crippen molar-refractivity contribution in [1.82, 2.24) is 9.80 Å². The molecule has 0 amide bonds. The lowest BCUT2D eigenvalue weighted by atomic mass is 9.96. The molecule has 4 nitrogen and oxygen atoms in total. The summed E-state index contributed by atoms with van der Waals surface area (Å²) in [7, 11) is 2.18. The molecule has 0 spiro atoms. The number of hydrogen-bond donors (Lipinski definition) is 1. The highest BCUT2D eigenvalue weighted by Crippen LogP contribution is 2.27. The van der Waals surface area contributed by atoms with Gasteiger partial charge in [-0.15, -0.1) is 0 Å². The van der Waals surface area contributed by atoms with Gasteiger partial charge in [0.05, 0.1) is 12.8 Å². The normalized spacial score (nSPS) is 26.1. The first-order chi connectivity index (χ1) is 8.53. The van der Waals surface area contributed by atoms with Gasteiger partial charge in [0.2, 0.25) is 0 Å². The molecule has 1 fully saturated rings. The maximum atomic E-state index is 5.98. The Labute approximate surface area is 110 Å². The monoisotopic (exact) mass is 251 g/mol. The van der Waals surface area contributed by atoms with Gasteiger partial charge in [-0.05, 0) is 46.0 Å². The number of nitrogens with two attached hydrogens (primary N) is 1. The van der Waals surface area contributed by atoms with Crippen molar-refractivity contribution in [2.75, 3.05) is 26.7 Å². The van der Waals surface area contributed by atoms with Crippen molar-refractivity contribution in [3.05, 3.63) is 24.2 Å².